The van der Waals surface area contributed by atoms with E-state index in [0.29, 0.717) is 6.42 Å². The van der Waals surface area contributed by atoms with E-state index in [1.807, 2.05) is 0 Å². The molecule has 0 aliphatic rings. The third-order valence-corrected chi connectivity index (χ3v) is 3.85. The highest BCUT2D eigenvalue weighted by molar-refractivity contribution is 5.78. The van der Waals surface area contributed by atoms with Gasteiger partial charge in [-0.3, -0.25) is 4.79 Å². The largest absolute Gasteiger partial charge is 0.480 e. The molecule has 0 aromatic carbocycles. The minimum atomic E-state index is -0.767. The maximum atomic E-state index is 11.4. The minimum Gasteiger partial charge on any atom is -0.480 e. The quantitative estimate of drug-likeness (QED) is 0.511. The summed E-state index contributed by atoms with van der Waals surface area (Å²) in [4.78, 5) is 13.7. The van der Waals surface area contributed by atoms with E-state index in [0.717, 1.165) is 38.9 Å². The summed E-state index contributed by atoms with van der Waals surface area (Å²) >= 11 is 0. The zero-order valence-corrected chi connectivity index (χ0v) is 13.9. The number of hydrogen-bond acceptors (Lipinski definition) is 3. The summed E-state index contributed by atoms with van der Waals surface area (Å²) in [6.07, 6.45) is 7.50. The standard InChI is InChI=1S/C16H34N2O2/c1-5-7-9-13-18(4)14-10-8-11-16(3,15(19)20)17-12-6-2/h17H,5-14H2,1-4H3,(H,19,20). The molecular weight excluding hydrogens is 252 g/mol. The van der Waals surface area contributed by atoms with Gasteiger partial charge in [-0.2, -0.15) is 0 Å². The van der Waals surface area contributed by atoms with Crippen LogP contribution < -0.4 is 5.32 Å². The summed E-state index contributed by atoms with van der Waals surface area (Å²) in [5.74, 6) is -0.734. The number of unbranched alkanes of at least 4 members (excludes halogenated alkanes) is 3. The monoisotopic (exact) mass is 286 g/mol. The van der Waals surface area contributed by atoms with Crippen molar-refractivity contribution in [3.63, 3.8) is 0 Å². The van der Waals surface area contributed by atoms with Crippen molar-refractivity contribution in [2.24, 2.45) is 0 Å². The van der Waals surface area contributed by atoms with Gasteiger partial charge < -0.3 is 15.3 Å². The Bertz CT molecular complexity index is 259. The van der Waals surface area contributed by atoms with Crippen LogP contribution in [0.25, 0.3) is 0 Å². The first-order valence-electron chi connectivity index (χ1n) is 8.13. The fourth-order valence-corrected chi connectivity index (χ4v) is 2.28. The van der Waals surface area contributed by atoms with E-state index in [2.05, 4.69) is 31.1 Å². The normalized spacial score (nSPS) is 14.4. The van der Waals surface area contributed by atoms with Gasteiger partial charge in [-0.25, -0.2) is 0 Å². The summed E-state index contributed by atoms with van der Waals surface area (Å²) in [6.45, 7) is 9.05. The number of nitrogens with one attached hydrogen (secondary N) is 1. The number of carboxylic acid groups (broad SMARTS) is 1. The average Bonchev–Trinajstić information content (AvgIpc) is 2.41. The molecule has 4 nitrogen and oxygen atoms in total. The van der Waals surface area contributed by atoms with Gasteiger partial charge in [0.25, 0.3) is 0 Å². The molecule has 0 saturated carbocycles. The SMILES string of the molecule is CCCCCN(C)CCCCC(C)(NCCC)C(=O)O. The maximum absolute atomic E-state index is 11.4. The van der Waals surface area contributed by atoms with Crippen LogP contribution in [0, 0.1) is 0 Å². The Morgan fingerprint density at radius 1 is 1.10 bits per heavy atom. The molecule has 1 atom stereocenters. The van der Waals surface area contributed by atoms with Crippen molar-refractivity contribution in [2.45, 2.75) is 71.3 Å². The van der Waals surface area contributed by atoms with E-state index in [1.54, 1.807) is 6.92 Å². The zero-order chi connectivity index (χ0) is 15.4. The molecular formula is C16H34N2O2. The fraction of sp³-hybridized carbons (Fsp3) is 0.938. The molecule has 0 aromatic heterocycles. The molecule has 0 amide bonds. The second-order valence-corrected chi connectivity index (χ2v) is 6.03. The van der Waals surface area contributed by atoms with Crippen molar-refractivity contribution < 1.29 is 9.90 Å². The number of hydrogen-bond donors (Lipinski definition) is 2. The number of aliphatic carboxylic acids is 1. The highest BCUT2D eigenvalue weighted by atomic mass is 16.4. The van der Waals surface area contributed by atoms with Crippen LogP contribution in [0.4, 0.5) is 0 Å². The Balaban J connectivity index is 3.86. The smallest absolute Gasteiger partial charge is 0.323 e. The van der Waals surface area contributed by atoms with Gasteiger partial charge in [-0.05, 0) is 65.7 Å². The van der Waals surface area contributed by atoms with Crippen LogP contribution in [-0.2, 0) is 4.79 Å². The molecule has 0 rings (SSSR count). The van der Waals surface area contributed by atoms with Crippen LogP contribution in [0.2, 0.25) is 0 Å². The molecule has 1 unspecified atom stereocenters. The Kier molecular flexibility index (Phi) is 10.8. The Labute approximate surface area is 124 Å². The van der Waals surface area contributed by atoms with E-state index in [-0.39, 0.29) is 0 Å². The van der Waals surface area contributed by atoms with Crippen molar-refractivity contribution >= 4 is 5.97 Å². The lowest BCUT2D eigenvalue weighted by atomic mass is 9.94. The van der Waals surface area contributed by atoms with Gasteiger partial charge in [0.05, 0.1) is 0 Å². The summed E-state index contributed by atoms with van der Waals surface area (Å²) in [7, 11) is 2.15. The van der Waals surface area contributed by atoms with Crippen LogP contribution in [-0.4, -0.2) is 48.2 Å². The van der Waals surface area contributed by atoms with Gasteiger partial charge in [0.1, 0.15) is 5.54 Å². The molecule has 0 aromatic rings. The van der Waals surface area contributed by atoms with Crippen LogP contribution >= 0.6 is 0 Å². The van der Waals surface area contributed by atoms with Gasteiger partial charge in [0, 0.05) is 0 Å². The number of nitrogens with zero attached hydrogens (tertiary/aromatic N) is 1. The Morgan fingerprint density at radius 2 is 1.70 bits per heavy atom. The van der Waals surface area contributed by atoms with Crippen LogP contribution in [0.15, 0.2) is 0 Å². The van der Waals surface area contributed by atoms with Crippen LogP contribution in [0.1, 0.15) is 65.7 Å². The molecule has 0 bridgehead atoms. The molecule has 0 radical (unpaired) electrons. The first-order chi connectivity index (χ1) is 9.46. The summed E-state index contributed by atoms with van der Waals surface area (Å²) < 4.78 is 0. The predicted molar refractivity (Wildman–Crippen MR) is 85.2 cm³/mol. The first kappa shape index (κ1) is 19.4. The third kappa shape index (κ3) is 8.54. The second kappa shape index (κ2) is 11.1. The van der Waals surface area contributed by atoms with Crippen LogP contribution in [0.5, 0.6) is 0 Å². The number of rotatable bonds is 13. The van der Waals surface area contributed by atoms with Crippen molar-refractivity contribution in [1.29, 1.82) is 0 Å². The molecule has 120 valence electrons. The molecule has 0 heterocycles. The van der Waals surface area contributed by atoms with E-state index >= 15 is 0 Å². The second-order valence-electron chi connectivity index (χ2n) is 6.03. The topological polar surface area (TPSA) is 52.6 Å². The summed E-state index contributed by atoms with van der Waals surface area (Å²) in [5.41, 5.74) is -0.767. The van der Waals surface area contributed by atoms with Crippen molar-refractivity contribution in [3.05, 3.63) is 0 Å². The summed E-state index contributed by atoms with van der Waals surface area (Å²) in [6, 6.07) is 0. The van der Waals surface area contributed by atoms with Gasteiger partial charge in [-0.15, -0.1) is 0 Å². The lowest BCUT2D eigenvalue weighted by Crippen LogP contribution is -2.49. The highest BCUT2D eigenvalue weighted by Crippen LogP contribution is 2.15. The van der Waals surface area contributed by atoms with Gasteiger partial charge in [0.2, 0.25) is 0 Å². The maximum Gasteiger partial charge on any atom is 0.323 e. The van der Waals surface area contributed by atoms with Crippen molar-refractivity contribution in [2.75, 3.05) is 26.7 Å². The van der Waals surface area contributed by atoms with Crippen molar-refractivity contribution in [3.8, 4) is 0 Å². The molecule has 0 aliphatic carbocycles. The van der Waals surface area contributed by atoms with E-state index in [9.17, 15) is 9.90 Å². The Hall–Kier alpha value is -0.610. The first-order valence-corrected chi connectivity index (χ1v) is 8.13. The zero-order valence-electron chi connectivity index (χ0n) is 13.9. The van der Waals surface area contributed by atoms with Gasteiger partial charge >= 0.3 is 5.97 Å². The van der Waals surface area contributed by atoms with E-state index in [1.165, 1.54) is 19.3 Å². The molecule has 0 spiro atoms. The van der Waals surface area contributed by atoms with E-state index in [4.69, 9.17) is 0 Å². The summed E-state index contributed by atoms with van der Waals surface area (Å²) in [5, 5.41) is 12.5. The molecule has 4 heteroatoms. The van der Waals surface area contributed by atoms with E-state index < -0.39 is 11.5 Å². The van der Waals surface area contributed by atoms with Gasteiger partial charge in [0.15, 0.2) is 0 Å². The average molecular weight is 286 g/mol. The van der Waals surface area contributed by atoms with Crippen LogP contribution in [0.3, 0.4) is 0 Å². The number of carboxylic acids is 1. The third-order valence-electron chi connectivity index (χ3n) is 3.85. The highest BCUT2D eigenvalue weighted by Gasteiger charge is 2.31. The minimum absolute atomic E-state index is 0.700. The lowest BCUT2D eigenvalue weighted by molar-refractivity contribution is -0.144. The molecule has 0 aliphatic heterocycles. The number of carbonyl (C=O) groups is 1. The fourth-order valence-electron chi connectivity index (χ4n) is 2.28. The lowest BCUT2D eigenvalue weighted by Gasteiger charge is -2.26. The molecule has 0 fully saturated rings. The predicted octanol–water partition coefficient (Wildman–Crippen LogP) is 3.12. The van der Waals surface area contributed by atoms with Crippen molar-refractivity contribution in [1.82, 2.24) is 10.2 Å². The molecule has 20 heavy (non-hydrogen) atoms. The van der Waals surface area contributed by atoms with Gasteiger partial charge in [-0.1, -0.05) is 26.7 Å². The molecule has 0 saturated heterocycles. The molecule has 2 N–H and O–H groups in total. The Morgan fingerprint density at radius 3 is 2.20 bits per heavy atom.